The fourth-order valence-corrected chi connectivity index (χ4v) is 1.48. The Hall–Kier alpha value is -1.42. The molecule has 0 spiro atoms. The second-order valence-electron chi connectivity index (χ2n) is 3.42. The van der Waals surface area contributed by atoms with Crippen molar-refractivity contribution in [1.82, 2.24) is 14.7 Å². The van der Waals surface area contributed by atoms with Gasteiger partial charge in [0.15, 0.2) is 0 Å². The summed E-state index contributed by atoms with van der Waals surface area (Å²) in [5.41, 5.74) is 1.93. The molecule has 0 aromatic carbocycles. The summed E-state index contributed by atoms with van der Waals surface area (Å²) in [6.45, 7) is 1.13. The summed E-state index contributed by atoms with van der Waals surface area (Å²) in [5.74, 6) is 0. The van der Waals surface area contributed by atoms with Gasteiger partial charge in [0.25, 0.3) is 0 Å². The van der Waals surface area contributed by atoms with Gasteiger partial charge in [-0.25, -0.2) is 4.98 Å². The number of pyridine rings is 1. The Balaban J connectivity index is 1.97. The first-order chi connectivity index (χ1) is 7.40. The van der Waals surface area contributed by atoms with Gasteiger partial charge in [0, 0.05) is 18.9 Å². The van der Waals surface area contributed by atoms with E-state index in [1.54, 1.807) is 0 Å². The molecule has 80 valence electrons. The van der Waals surface area contributed by atoms with Gasteiger partial charge in [0.1, 0.15) is 5.65 Å². The Morgan fingerprint density at radius 3 is 3.13 bits per heavy atom. The van der Waals surface area contributed by atoms with E-state index in [0.717, 1.165) is 11.3 Å². The van der Waals surface area contributed by atoms with E-state index in [4.69, 9.17) is 0 Å². The average molecular weight is 207 g/mol. The van der Waals surface area contributed by atoms with Crippen molar-refractivity contribution in [3.8, 4) is 0 Å². The summed E-state index contributed by atoms with van der Waals surface area (Å²) >= 11 is 0. The lowest BCUT2D eigenvalue weighted by atomic mass is 10.4. The minimum atomic E-state index is -0.266. The van der Waals surface area contributed by atoms with Crippen LogP contribution in [-0.4, -0.2) is 22.6 Å². The number of halogens is 1. The highest BCUT2D eigenvalue weighted by molar-refractivity contribution is 5.39. The van der Waals surface area contributed by atoms with Crippen LogP contribution in [0.3, 0.4) is 0 Å². The fraction of sp³-hybridized carbons (Fsp3) is 0.364. The van der Waals surface area contributed by atoms with Gasteiger partial charge in [0.05, 0.1) is 12.4 Å². The molecular weight excluding hydrogens is 193 g/mol. The Bertz CT molecular complexity index is 391. The van der Waals surface area contributed by atoms with E-state index < -0.39 is 0 Å². The molecule has 2 aromatic heterocycles. The number of hydrogen-bond acceptors (Lipinski definition) is 2. The first-order valence-electron chi connectivity index (χ1n) is 5.09. The number of fused-ring (bicyclic) bond motifs is 1. The van der Waals surface area contributed by atoms with Crippen molar-refractivity contribution >= 4 is 5.65 Å². The van der Waals surface area contributed by atoms with Gasteiger partial charge in [-0.1, -0.05) is 6.07 Å². The van der Waals surface area contributed by atoms with E-state index in [2.05, 4.69) is 10.3 Å². The molecule has 0 unspecified atom stereocenters. The van der Waals surface area contributed by atoms with Crippen LogP contribution in [0.2, 0.25) is 0 Å². The van der Waals surface area contributed by atoms with Crippen LogP contribution in [0, 0.1) is 0 Å². The van der Waals surface area contributed by atoms with Gasteiger partial charge in [-0.2, -0.15) is 0 Å². The van der Waals surface area contributed by atoms with E-state index in [9.17, 15) is 4.39 Å². The molecule has 0 aliphatic rings. The van der Waals surface area contributed by atoms with Crippen molar-refractivity contribution in [1.29, 1.82) is 0 Å². The number of hydrogen-bond donors (Lipinski definition) is 1. The van der Waals surface area contributed by atoms with Gasteiger partial charge in [-0.15, -0.1) is 0 Å². The number of nitrogens with zero attached hydrogens (tertiary/aromatic N) is 2. The van der Waals surface area contributed by atoms with Gasteiger partial charge in [0.2, 0.25) is 0 Å². The summed E-state index contributed by atoms with van der Waals surface area (Å²) < 4.78 is 13.8. The smallest absolute Gasteiger partial charge is 0.137 e. The zero-order chi connectivity index (χ0) is 10.5. The number of aromatic nitrogens is 2. The Morgan fingerprint density at radius 1 is 1.40 bits per heavy atom. The molecular formula is C11H14FN3. The van der Waals surface area contributed by atoms with Crippen LogP contribution in [0.25, 0.3) is 5.65 Å². The molecule has 0 bridgehead atoms. The van der Waals surface area contributed by atoms with Crippen LogP contribution in [0.1, 0.15) is 12.1 Å². The first kappa shape index (κ1) is 10.1. The highest BCUT2D eigenvalue weighted by atomic mass is 19.1. The Kier molecular flexibility index (Phi) is 3.29. The molecule has 4 heteroatoms. The topological polar surface area (TPSA) is 29.3 Å². The molecule has 0 radical (unpaired) electrons. The number of imidazole rings is 1. The maximum absolute atomic E-state index is 11.8. The van der Waals surface area contributed by atoms with Gasteiger partial charge >= 0.3 is 0 Å². The van der Waals surface area contributed by atoms with Crippen molar-refractivity contribution in [3.63, 3.8) is 0 Å². The molecule has 0 saturated heterocycles. The molecule has 2 aromatic rings. The van der Waals surface area contributed by atoms with Crippen LogP contribution in [0.4, 0.5) is 4.39 Å². The van der Waals surface area contributed by atoms with E-state index in [-0.39, 0.29) is 6.67 Å². The molecule has 2 rings (SSSR count). The molecule has 1 N–H and O–H groups in total. The summed E-state index contributed by atoms with van der Waals surface area (Å²) in [4.78, 5) is 4.42. The van der Waals surface area contributed by atoms with Crippen molar-refractivity contribution in [3.05, 3.63) is 36.3 Å². The molecule has 15 heavy (non-hydrogen) atoms. The number of rotatable bonds is 5. The lowest BCUT2D eigenvalue weighted by Gasteiger charge is -1.98. The SMILES string of the molecule is FCCCNCc1cn2ccccc2n1. The van der Waals surface area contributed by atoms with Crippen molar-refractivity contribution in [2.45, 2.75) is 13.0 Å². The van der Waals surface area contributed by atoms with E-state index >= 15 is 0 Å². The van der Waals surface area contributed by atoms with Gasteiger partial charge in [-0.05, 0) is 25.1 Å². The van der Waals surface area contributed by atoms with Crippen LogP contribution in [-0.2, 0) is 6.54 Å². The minimum Gasteiger partial charge on any atom is -0.311 e. The zero-order valence-electron chi connectivity index (χ0n) is 8.49. The molecule has 0 atom stereocenters. The van der Waals surface area contributed by atoms with E-state index in [0.29, 0.717) is 19.5 Å². The lowest BCUT2D eigenvalue weighted by Crippen LogP contribution is -2.15. The second-order valence-corrected chi connectivity index (χ2v) is 3.42. The van der Waals surface area contributed by atoms with Crippen molar-refractivity contribution in [2.75, 3.05) is 13.2 Å². The second kappa shape index (κ2) is 4.89. The normalized spacial score (nSPS) is 11.0. The monoisotopic (exact) mass is 207 g/mol. The molecule has 3 nitrogen and oxygen atoms in total. The Labute approximate surface area is 87.9 Å². The third kappa shape index (κ3) is 2.53. The van der Waals surface area contributed by atoms with Crippen LogP contribution in [0.5, 0.6) is 0 Å². The highest BCUT2D eigenvalue weighted by Crippen LogP contribution is 2.03. The van der Waals surface area contributed by atoms with Crippen molar-refractivity contribution in [2.24, 2.45) is 0 Å². The predicted molar refractivity (Wildman–Crippen MR) is 57.5 cm³/mol. The minimum absolute atomic E-state index is 0.266. The van der Waals surface area contributed by atoms with Gasteiger partial charge < -0.3 is 9.72 Å². The zero-order valence-corrected chi connectivity index (χ0v) is 8.49. The molecule has 2 heterocycles. The maximum atomic E-state index is 11.8. The predicted octanol–water partition coefficient (Wildman–Crippen LogP) is 1.78. The fourth-order valence-electron chi connectivity index (χ4n) is 1.48. The van der Waals surface area contributed by atoms with Crippen LogP contribution < -0.4 is 5.32 Å². The highest BCUT2D eigenvalue weighted by Gasteiger charge is 1.99. The third-order valence-corrected chi connectivity index (χ3v) is 2.21. The van der Waals surface area contributed by atoms with Crippen molar-refractivity contribution < 1.29 is 4.39 Å². The summed E-state index contributed by atoms with van der Waals surface area (Å²) in [7, 11) is 0. The third-order valence-electron chi connectivity index (χ3n) is 2.21. The number of nitrogens with one attached hydrogen (secondary N) is 1. The molecule has 0 aliphatic carbocycles. The molecule has 0 saturated carbocycles. The van der Waals surface area contributed by atoms with Crippen LogP contribution in [0.15, 0.2) is 30.6 Å². The van der Waals surface area contributed by atoms with Gasteiger partial charge in [-0.3, -0.25) is 4.39 Å². The quantitative estimate of drug-likeness (QED) is 0.757. The summed E-state index contributed by atoms with van der Waals surface area (Å²) in [5, 5.41) is 3.15. The molecule has 0 fully saturated rings. The van der Waals surface area contributed by atoms with E-state index in [1.807, 2.05) is 35.0 Å². The maximum Gasteiger partial charge on any atom is 0.137 e. The lowest BCUT2D eigenvalue weighted by molar-refractivity contribution is 0.458. The largest absolute Gasteiger partial charge is 0.311 e. The number of alkyl halides is 1. The van der Waals surface area contributed by atoms with E-state index in [1.165, 1.54) is 0 Å². The molecule has 0 aliphatic heterocycles. The summed E-state index contributed by atoms with van der Waals surface area (Å²) in [6.07, 6.45) is 4.51. The van der Waals surface area contributed by atoms with Crippen LogP contribution >= 0.6 is 0 Å². The average Bonchev–Trinajstić information content (AvgIpc) is 2.67. The molecule has 0 amide bonds. The first-order valence-corrected chi connectivity index (χ1v) is 5.09. The Morgan fingerprint density at radius 2 is 2.33 bits per heavy atom. The standard InChI is InChI=1S/C11H14FN3/c12-5-3-6-13-8-10-9-15-7-2-1-4-11(15)14-10/h1-2,4,7,9,13H,3,5-6,8H2. The summed E-state index contributed by atoms with van der Waals surface area (Å²) in [6, 6.07) is 5.89.